The molecule has 1 atom stereocenters. The summed E-state index contributed by atoms with van der Waals surface area (Å²) < 4.78 is 27.6. The topological polar surface area (TPSA) is 98.7 Å². The lowest BCUT2D eigenvalue weighted by atomic mass is 9.91. The predicted octanol–water partition coefficient (Wildman–Crippen LogP) is 2.87. The van der Waals surface area contributed by atoms with E-state index in [-0.39, 0.29) is 4.90 Å². The summed E-state index contributed by atoms with van der Waals surface area (Å²) in [5.74, 6) is 0.339. The van der Waals surface area contributed by atoms with Gasteiger partial charge in [-0.25, -0.2) is 18.4 Å². The van der Waals surface area contributed by atoms with Gasteiger partial charge in [-0.2, -0.15) is 4.31 Å². The van der Waals surface area contributed by atoms with Gasteiger partial charge in [-0.15, -0.1) is 0 Å². The first-order valence-corrected chi connectivity index (χ1v) is 12.4. The lowest BCUT2D eigenvalue weighted by molar-refractivity contribution is -0.0342. The van der Waals surface area contributed by atoms with Gasteiger partial charge in [0.1, 0.15) is 5.15 Å². The number of β-amino-alcohol motifs (C(OH)–C–C–N with tert-alkyl or cyclic N) is 1. The van der Waals surface area contributed by atoms with E-state index in [9.17, 15) is 13.5 Å². The zero-order valence-electron chi connectivity index (χ0n) is 17.5. The Morgan fingerprint density at radius 3 is 2.52 bits per heavy atom. The molecule has 2 fully saturated rings. The van der Waals surface area contributed by atoms with Crippen molar-refractivity contribution in [1.29, 1.82) is 0 Å². The number of hydrogen-bond acceptors (Lipinski definition) is 7. The Morgan fingerprint density at radius 1 is 1.19 bits per heavy atom. The molecule has 2 aromatic rings. The minimum absolute atomic E-state index is 0.226. The van der Waals surface area contributed by atoms with Gasteiger partial charge < -0.3 is 10.4 Å². The molecule has 3 heterocycles. The number of piperidine rings is 1. The maximum Gasteiger partial charge on any atom is 0.243 e. The Hall–Kier alpha value is -1.78. The molecule has 1 unspecified atom stereocenters. The molecule has 2 saturated heterocycles. The number of rotatable bonds is 6. The molecule has 8 nitrogen and oxygen atoms in total. The molecule has 0 saturated carbocycles. The van der Waals surface area contributed by atoms with Crippen molar-refractivity contribution in [1.82, 2.24) is 19.2 Å². The number of anilines is 2. The zero-order chi connectivity index (χ0) is 22.1. The Labute approximate surface area is 188 Å². The molecule has 0 aliphatic carbocycles. The van der Waals surface area contributed by atoms with E-state index in [2.05, 4.69) is 27.1 Å². The van der Waals surface area contributed by atoms with Gasteiger partial charge in [-0.3, -0.25) is 4.90 Å². The van der Waals surface area contributed by atoms with Crippen molar-refractivity contribution in [3.05, 3.63) is 41.7 Å². The summed E-state index contributed by atoms with van der Waals surface area (Å²) >= 11 is 5.86. The average Bonchev–Trinajstić information content (AvgIpc) is 3.12. The van der Waals surface area contributed by atoms with E-state index >= 15 is 0 Å². The SMILES string of the molecule is CC1CCCN1CC1(O)CCN(S(=O)(=O)c2ccc(Nc3nccc(Cl)n3)cc2)CC1. The largest absolute Gasteiger partial charge is 0.388 e. The quantitative estimate of drug-likeness (QED) is 0.633. The Balaban J connectivity index is 1.38. The number of sulfonamides is 1. The number of hydrogen-bond donors (Lipinski definition) is 2. The first-order valence-electron chi connectivity index (χ1n) is 10.6. The molecule has 1 aromatic heterocycles. The fraction of sp³-hybridized carbons (Fsp3) is 0.524. The molecular weight excluding hydrogens is 438 g/mol. The third kappa shape index (κ3) is 5.18. The zero-order valence-corrected chi connectivity index (χ0v) is 19.1. The lowest BCUT2D eigenvalue weighted by Gasteiger charge is -2.40. The van der Waals surface area contributed by atoms with Crippen molar-refractivity contribution < 1.29 is 13.5 Å². The third-order valence-electron chi connectivity index (χ3n) is 6.21. The summed E-state index contributed by atoms with van der Waals surface area (Å²) in [6.45, 7) is 4.45. The number of halogens is 1. The van der Waals surface area contributed by atoms with Gasteiger partial charge in [-0.1, -0.05) is 11.6 Å². The van der Waals surface area contributed by atoms with Crippen LogP contribution < -0.4 is 5.32 Å². The first-order chi connectivity index (χ1) is 14.7. The van der Waals surface area contributed by atoms with Gasteiger partial charge in [0.05, 0.1) is 10.5 Å². The lowest BCUT2D eigenvalue weighted by Crippen LogP contribution is -2.52. The number of aromatic nitrogens is 2. The van der Waals surface area contributed by atoms with Gasteiger partial charge in [0, 0.05) is 37.6 Å². The predicted molar refractivity (Wildman–Crippen MR) is 120 cm³/mol. The average molecular weight is 466 g/mol. The van der Waals surface area contributed by atoms with Gasteiger partial charge >= 0.3 is 0 Å². The van der Waals surface area contributed by atoms with Gasteiger partial charge in [0.25, 0.3) is 0 Å². The summed E-state index contributed by atoms with van der Waals surface area (Å²) in [5, 5.41) is 14.3. The highest BCUT2D eigenvalue weighted by atomic mass is 35.5. The van der Waals surface area contributed by atoms with Crippen LogP contribution in [0.3, 0.4) is 0 Å². The summed E-state index contributed by atoms with van der Waals surface area (Å²) in [5.41, 5.74) is -0.163. The highest BCUT2D eigenvalue weighted by Crippen LogP contribution is 2.30. The maximum atomic E-state index is 13.1. The Bertz CT molecular complexity index is 1010. The van der Waals surface area contributed by atoms with Gasteiger partial charge in [-0.05, 0) is 69.5 Å². The molecule has 2 aliphatic heterocycles. The molecule has 0 spiro atoms. The minimum Gasteiger partial charge on any atom is -0.388 e. The van der Waals surface area contributed by atoms with Crippen LogP contribution in [0.2, 0.25) is 5.15 Å². The van der Waals surface area contributed by atoms with E-state index < -0.39 is 15.6 Å². The molecule has 1 aromatic carbocycles. The molecule has 0 bridgehead atoms. The fourth-order valence-electron chi connectivity index (χ4n) is 4.29. The molecule has 2 N–H and O–H groups in total. The van der Waals surface area contributed by atoms with Crippen LogP contribution in [0, 0.1) is 0 Å². The van der Waals surface area contributed by atoms with Crippen LogP contribution in [0.5, 0.6) is 0 Å². The number of nitrogens with one attached hydrogen (secondary N) is 1. The first kappa shape index (κ1) is 22.4. The standard InChI is InChI=1S/C21H28ClN5O3S/c1-16-3-2-12-26(16)15-21(28)9-13-27(14-10-21)31(29,30)18-6-4-17(5-7-18)24-20-23-11-8-19(22)25-20/h4-8,11,16,28H,2-3,9-10,12-15H2,1H3,(H,23,24,25). The van der Waals surface area contributed by atoms with Crippen LogP contribution in [0.1, 0.15) is 32.6 Å². The molecule has 2 aliphatic rings. The van der Waals surface area contributed by atoms with E-state index in [4.69, 9.17) is 11.6 Å². The minimum atomic E-state index is -3.62. The number of benzene rings is 1. The van der Waals surface area contributed by atoms with Crippen molar-refractivity contribution in [3.8, 4) is 0 Å². The molecule has 168 valence electrons. The summed E-state index contributed by atoms with van der Waals surface area (Å²) in [4.78, 5) is 10.7. The van der Waals surface area contributed by atoms with Crippen molar-refractivity contribution in [2.75, 3.05) is 31.5 Å². The smallest absolute Gasteiger partial charge is 0.243 e. The molecule has 0 amide bonds. The van der Waals surface area contributed by atoms with Crippen molar-refractivity contribution in [2.45, 2.75) is 49.1 Å². The molecular formula is C21H28ClN5O3S. The van der Waals surface area contributed by atoms with Crippen molar-refractivity contribution in [3.63, 3.8) is 0 Å². The van der Waals surface area contributed by atoms with Crippen molar-refractivity contribution >= 4 is 33.3 Å². The van der Waals surface area contributed by atoms with Crippen LogP contribution >= 0.6 is 11.6 Å². The Kier molecular flexibility index (Phi) is 6.50. The van der Waals surface area contributed by atoms with Crippen LogP contribution in [0.25, 0.3) is 0 Å². The second-order valence-electron chi connectivity index (χ2n) is 8.44. The summed E-state index contributed by atoms with van der Waals surface area (Å²) in [6.07, 6.45) is 4.75. The number of nitrogens with zero attached hydrogens (tertiary/aromatic N) is 4. The summed E-state index contributed by atoms with van der Waals surface area (Å²) in [6, 6.07) is 8.53. The van der Waals surface area contributed by atoms with E-state index in [1.807, 2.05) is 0 Å². The molecule has 4 rings (SSSR count). The van der Waals surface area contributed by atoms with Crippen molar-refractivity contribution in [2.24, 2.45) is 0 Å². The van der Waals surface area contributed by atoms with E-state index in [1.54, 1.807) is 36.5 Å². The van der Waals surface area contributed by atoms with Gasteiger partial charge in [0.15, 0.2) is 0 Å². The van der Waals surface area contributed by atoms with Crippen LogP contribution in [-0.2, 0) is 10.0 Å². The Morgan fingerprint density at radius 2 is 1.90 bits per heavy atom. The maximum absolute atomic E-state index is 13.1. The second kappa shape index (κ2) is 8.99. The monoisotopic (exact) mass is 465 g/mol. The second-order valence-corrected chi connectivity index (χ2v) is 10.8. The highest BCUT2D eigenvalue weighted by molar-refractivity contribution is 7.89. The van der Waals surface area contributed by atoms with Gasteiger partial charge in [0.2, 0.25) is 16.0 Å². The van der Waals surface area contributed by atoms with Crippen LogP contribution in [-0.4, -0.2) is 70.5 Å². The highest BCUT2D eigenvalue weighted by Gasteiger charge is 2.39. The fourth-order valence-corrected chi connectivity index (χ4v) is 5.87. The number of likely N-dealkylation sites (tertiary alicyclic amines) is 1. The van der Waals surface area contributed by atoms with Crippen LogP contribution in [0.15, 0.2) is 41.4 Å². The van der Waals surface area contributed by atoms with E-state index in [0.29, 0.717) is 55.3 Å². The normalized spacial score (nSPS) is 22.5. The molecule has 10 heteroatoms. The molecule has 31 heavy (non-hydrogen) atoms. The summed E-state index contributed by atoms with van der Waals surface area (Å²) in [7, 11) is -3.62. The molecule has 0 radical (unpaired) electrons. The third-order valence-corrected chi connectivity index (χ3v) is 8.33. The van der Waals surface area contributed by atoms with E-state index in [0.717, 1.165) is 19.4 Å². The van der Waals surface area contributed by atoms with Crippen LogP contribution in [0.4, 0.5) is 11.6 Å². The number of aliphatic hydroxyl groups is 1. The van der Waals surface area contributed by atoms with E-state index in [1.165, 1.54) is 4.31 Å².